The van der Waals surface area contributed by atoms with E-state index in [1.807, 2.05) is 31.2 Å². The summed E-state index contributed by atoms with van der Waals surface area (Å²) in [5, 5.41) is 5.43. The number of methoxy groups -OCH3 is 2. The second kappa shape index (κ2) is 11.5. The minimum Gasteiger partial charge on any atom is -0.495 e. The first kappa shape index (κ1) is 24.3. The second-order valence-electron chi connectivity index (χ2n) is 6.65. The number of nitrogens with one attached hydrogen (secondary N) is 1. The maximum Gasteiger partial charge on any atom is 0.312 e. The van der Waals surface area contributed by atoms with Gasteiger partial charge in [0.15, 0.2) is 6.61 Å². The van der Waals surface area contributed by atoms with E-state index in [0.717, 1.165) is 16.3 Å². The molecular weight excluding hydrogens is 468 g/mol. The summed E-state index contributed by atoms with van der Waals surface area (Å²) in [5.41, 5.74) is 1.74. The molecule has 0 aliphatic rings. The molecule has 0 aliphatic heterocycles. The van der Waals surface area contributed by atoms with E-state index in [-0.39, 0.29) is 6.42 Å². The summed E-state index contributed by atoms with van der Waals surface area (Å²) in [5.74, 6) is 0.393. The smallest absolute Gasteiger partial charge is 0.312 e. The number of ether oxygens (including phenoxy) is 4. The Bertz CT molecular complexity index is 1130. The Kier molecular flexibility index (Phi) is 8.51. The summed E-state index contributed by atoms with van der Waals surface area (Å²) in [6.45, 7) is 1.99. The normalized spacial score (nSPS) is 10.4. The Morgan fingerprint density at radius 2 is 1.85 bits per heavy atom. The minimum absolute atomic E-state index is 0.0573. The van der Waals surface area contributed by atoms with Gasteiger partial charge in [-0.15, -0.1) is 11.3 Å². The lowest BCUT2D eigenvalue weighted by Gasteiger charge is -2.13. The zero-order valence-electron chi connectivity index (χ0n) is 18.3. The lowest BCUT2D eigenvalue weighted by Crippen LogP contribution is -2.22. The van der Waals surface area contributed by atoms with E-state index < -0.39 is 18.5 Å². The van der Waals surface area contributed by atoms with Gasteiger partial charge in [-0.3, -0.25) is 9.59 Å². The van der Waals surface area contributed by atoms with Gasteiger partial charge in [0.1, 0.15) is 22.3 Å². The fourth-order valence-electron chi connectivity index (χ4n) is 2.93. The lowest BCUT2D eigenvalue weighted by molar-refractivity contribution is -0.146. The fraction of sp³-hybridized carbons (Fsp3) is 0.261. The van der Waals surface area contributed by atoms with Crippen LogP contribution in [0.4, 0.5) is 5.69 Å². The number of aromatic nitrogens is 1. The first-order chi connectivity index (χ1) is 15.9. The molecule has 3 rings (SSSR count). The zero-order valence-corrected chi connectivity index (χ0v) is 19.9. The predicted octanol–water partition coefficient (Wildman–Crippen LogP) is 4.60. The number of thiazole rings is 1. The molecule has 0 atom stereocenters. The first-order valence-corrected chi connectivity index (χ1v) is 11.2. The highest BCUT2D eigenvalue weighted by Crippen LogP contribution is 2.36. The number of rotatable bonds is 10. The Morgan fingerprint density at radius 1 is 1.09 bits per heavy atom. The van der Waals surface area contributed by atoms with E-state index >= 15 is 0 Å². The summed E-state index contributed by atoms with van der Waals surface area (Å²) < 4.78 is 21.1. The number of benzene rings is 2. The molecule has 3 aromatic rings. The Morgan fingerprint density at radius 3 is 2.58 bits per heavy atom. The molecule has 1 aromatic heterocycles. The molecule has 0 spiro atoms. The molecular formula is C23H23ClN2O6S. The topological polar surface area (TPSA) is 96.0 Å². The molecule has 1 amide bonds. The van der Waals surface area contributed by atoms with Gasteiger partial charge in [-0.25, -0.2) is 4.98 Å². The molecule has 0 unspecified atom stereocenters. The summed E-state index contributed by atoms with van der Waals surface area (Å²) in [4.78, 5) is 29.0. The van der Waals surface area contributed by atoms with Crippen molar-refractivity contribution in [3.63, 3.8) is 0 Å². The van der Waals surface area contributed by atoms with Gasteiger partial charge >= 0.3 is 5.97 Å². The van der Waals surface area contributed by atoms with Gasteiger partial charge in [0.2, 0.25) is 0 Å². The monoisotopic (exact) mass is 490 g/mol. The number of carbonyl (C=O) groups is 2. The van der Waals surface area contributed by atoms with Gasteiger partial charge in [-0.2, -0.15) is 0 Å². The van der Waals surface area contributed by atoms with Gasteiger partial charge < -0.3 is 24.3 Å². The minimum atomic E-state index is -0.570. The Balaban J connectivity index is 1.56. The van der Waals surface area contributed by atoms with Crippen molar-refractivity contribution in [2.45, 2.75) is 13.3 Å². The molecule has 8 nitrogen and oxygen atoms in total. The summed E-state index contributed by atoms with van der Waals surface area (Å²) in [6, 6.07) is 10.6. The number of esters is 1. The lowest BCUT2D eigenvalue weighted by atomic mass is 10.2. The Hall–Kier alpha value is -3.30. The van der Waals surface area contributed by atoms with Gasteiger partial charge in [-0.05, 0) is 25.1 Å². The largest absolute Gasteiger partial charge is 0.495 e. The van der Waals surface area contributed by atoms with E-state index in [1.165, 1.54) is 31.6 Å². The maximum absolute atomic E-state index is 12.2. The third-order valence-corrected chi connectivity index (χ3v) is 5.63. The predicted molar refractivity (Wildman–Crippen MR) is 127 cm³/mol. The highest BCUT2D eigenvalue weighted by Gasteiger charge is 2.16. The van der Waals surface area contributed by atoms with Crippen molar-refractivity contribution in [3.05, 3.63) is 52.5 Å². The average Bonchev–Trinajstić information content (AvgIpc) is 3.26. The number of nitrogens with zero attached hydrogens (tertiary/aromatic N) is 1. The molecule has 174 valence electrons. The van der Waals surface area contributed by atoms with Crippen molar-refractivity contribution in [3.8, 4) is 27.8 Å². The van der Waals surface area contributed by atoms with Gasteiger partial charge in [0, 0.05) is 11.4 Å². The molecule has 0 aliphatic carbocycles. The fourth-order valence-corrected chi connectivity index (χ4v) is 4.02. The van der Waals surface area contributed by atoms with Crippen LogP contribution >= 0.6 is 22.9 Å². The number of carbonyl (C=O) groups excluding carboxylic acids is 2. The van der Waals surface area contributed by atoms with Crippen LogP contribution in [0.3, 0.4) is 0 Å². The maximum atomic E-state index is 12.2. The molecule has 33 heavy (non-hydrogen) atoms. The molecule has 1 heterocycles. The van der Waals surface area contributed by atoms with Crippen molar-refractivity contribution in [2.75, 3.05) is 32.8 Å². The van der Waals surface area contributed by atoms with Crippen LogP contribution in [-0.4, -0.2) is 44.3 Å². The summed E-state index contributed by atoms with van der Waals surface area (Å²) in [6.07, 6.45) is -0.0573. The standard InChI is InChI=1S/C23H23ClN2O6S/c1-4-31-18-8-6-5-7-15(18)23-25-14(13-33-23)9-22(28)32-12-21(27)26-17-10-16(24)19(29-2)11-20(17)30-3/h5-8,10-11,13H,4,9,12H2,1-3H3,(H,26,27). The van der Waals surface area contributed by atoms with Crippen molar-refractivity contribution in [1.29, 1.82) is 0 Å². The number of halogens is 1. The van der Waals surface area contributed by atoms with Crippen LogP contribution in [0.25, 0.3) is 10.6 Å². The van der Waals surface area contributed by atoms with Crippen LogP contribution in [-0.2, 0) is 20.7 Å². The summed E-state index contributed by atoms with van der Waals surface area (Å²) >= 11 is 7.51. The first-order valence-electron chi connectivity index (χ1n) is 9.98. The Labute approximate surface area is 200 Å². The third kappa shape index (κ3) is 6.36. The molecule has 10 heteroatoms. The number of para-hydroxylation sites is 1. The zero-order chi connectivity index (χ0) is 23.8. The second-order valence-corrected chi connectivity index (χ2v) is 7.91. The molecule has 0 bridgehead atoms. The quantitative estimate of drug-likeness (QED) is 0.415. The average molecular weight is 491 g/mol. The number of anilines is 1. The highest BCUT2D eigenvalue weighted by atomic mass is 35.5. The SMILES string of the molecule is CCOc1ccccc1-c1nc(CC(=O)OCC(=O)Nc2cc(Cl)c(OC)cc2OC)cs1. The van der Waals surface area contributed by atoms with Gasteiger partial charge in [0.25, 0.3) is 5.91 Å². The van der Waals surface area contributed by atoms with Crippen LogP contribution in [0.5, 0.6) is 17.2 Å². The van der Waals surface area contributed by atoms with Gasteiger partial charge in [0.05, 0.1) is 49.2 Å². The van der Waals surface area contributed by atoms with Crippen molar-refractivity contribution in [2.24, 2.45) is 0 Å². The van der Waals surface area contributed by atoms with Crippen molar-refractivity contribution < 1.29 is 28.5 Å². The van der Waals surface area contributed by atoms with Crippen molar-refractivity contribution in [1.82, 2.24) is 4.98 Å². The van der Waals surface area contributed by atoms with Crippen LogP contribution in [0.2, 0.25) is 5.02 Å². The summed E-state index contributed by atoms with van der Waals surface area (Å²) in [7, 11) is 2.93. The van der Waals surface area contributed by atoms with E-state index in [4.69, 9.17) is 30.5 Å². The van der Waals surface area contributed by atoms with Crippen molar-refractivity contribution >= 4 is 40.5 Å². The third-order valence-electron chi connectivity index (χ3n) is 4.41. The highest BCUT2D eigenvalue weighted by molar-refractivity contribution is 7.13. The number of hydrogen-bond donors (Lipinski definition) is 1. The van der Waals surface area contributed by atoms with Crippen LogP contribution in [0, 0.1) is 0 Å². The molecule has 0 fully saturated rings. The van der Waals surface area contributed by atoms with E-state index in [0.29, 0.717) is 34.5 Å². The molecule has 1 N–H and O–H groups in total. The van der Waals surface area contributed by atoms with Crippen LogP contribution in [0.15, 0.2) is 41.8 Å². The van der Waals surface area contributed by atoms with E-state index in [9.17, 15) is 9.59 Å². The molecule has 0 saturated heterocycles. The van der Waals surface area contributed by atoms with E-state index in [1.54, 1.807) is 11.4 Å². The van der Waals surface area contributed by atoms with Crippen LogP contribution < -0.4 is 19.5 Å². The van der Waals surface area contributed by atoms with Crippen LogP contribution in [0.1, 0.15) is 12.6 Å². The number of amides is 1. The number of hydrogen-bond acceptors (Lipinski definition) is 8. The van der Waals surface area contributed by atoms with E-state index in [2.05, 4.69) is 10.3 Å². The molecule has 0 radical (unpaired) electrons. The molecule has 0 saturated carbocycles. The van der Waals surface area contributed by atoms with Gasteiger partial charge in [-0.1, -0.05) is 23.7 Å². The molecule has 2 aromatic carbocycles.